The van der Waals surface area contributed by atoms with Gasteiger partial charge in [0.25, 0.3) is 0 Å². The maximum Gasteiger partial charge on any atom is -0.0141 e. The van der Waals surface area contributed by atoms with Crippen LogP contribution in [-0.2, 0) is 0 Å². The van der Waals surface area contributed by atoms with Crippen LogP contribution in [-0.4, -0.2) is 23.6 Å². The van der Waals surface area contributed by atoms with E-state index in [1.807, 2.05) is 0 Å². The first-order chi connectivity index (χ1) is 8.05. The quantitative estimate of drug-likeness (QED) is 0.686. The predicted octanol–water partition coefficient (Wildman–Crippen LogP) is 4.76. The lowest BCUT2D eigenvalue weighted by atomic mass is 10.3. The predicted molar refractivity (Wildman–Crippen MR) is 90.9 cm³/mol. The lowest BCUT2D eigenvalue weighted by molar-refractivity contribution is 0.789. The molecule has 2 heteroatoms. The molecule has 1 aromatic carbocycles. The van der Waals surface area contributed by atoms with Crippen LogP contribution in [0.5, 0.6) is 0 Å². The fraction of sp³-hybridized carbons (Fsp3) is 0.625. The number of benzene rings is 1. The Labute approximate surface area is 116 Å². The molecular weight excluding hydrogens is 254 g/mol. The Kier molecular flexibility index (Phi) is 5.02. The molecule has 0 fully saturated rings. The molecule has 0 saturated heterocycles. The molecule has 0 nitrogen and oxygen atoms in total. The van der Waals surface area contributed by atoms with Crippen molar-refractivity contribution in [3.8, 4) is 0 Å². The summed E-state index contributed by atoms with van der Waals surface area (Å²) in [5, 5.41) is 4.01. The Hall–Kier alpha value is 0.0800. The maximum atomic E-state index is 2.43. The second-order valence-corrected chi connectivity index (χ2v) is 12.8. The van der Waals surface area contributed by atoms with E-state index in [1.165, 1.54) is 0 Å². The van der Waals surface area contributed by atoms with Gasteiger partial charge >= 0.3 is 0 Å². The van der Waals surface area contributed by atoms with Gasteiger partial charge in [0.05, 0.1) is 0 Å². The van der Waals surface area contributed by atoms with Gasteiger partial charge in [0.1, 0.15) is 0 Å². The molecule has 1 aromatic rings. The lowest BCUT2D eigenvalue weighted by Gasteiger charge is -2.35. The number of hydrogen-bond acceptors (Lipinski definition) is 0. The largest absolute Gasteiger partial charge is 0.0723 e. The highest BCUT2D eigenvalue weighted by Crippen LogP contribution is 2.49. The van der Waals surface area contributed by atoms with Gasteiger partial charge in [-0.1, -0.05) is 81.7 Å². The van der Waals surface area contributed by atoms with Crippen molar-refractivity contribution < 1.29 is 0 Å². The van der Waals surface area contributed by atoms with E-state index in [0.717, 1.165) is 0 Å². The highest BCUT2D eigenvalue weighted by molar-refractivity contribution is 7.72. The molecule has 2 atom stereocenters. The zero-order valence-corrected chi connectivity index (χ0v) is 15.0. The summed E-state index contributed by atoms with van der Waals surface area (Å²) in [6, 6.07) is 9.12. The van der Waals surface area contributed by atoms with E-state index in [1.54, 1.807) is 10.6 Å². The third-order valence-corrected chi connectivity index (χ3v) is 10.0. The van der Waals surface area contributed by atoms with E-state index in [-0.39, 0.29) is 15.8 Å². The highest BCUT2D eigenvalue weighted by Gasteiger charge is 2.28. The van der Waals surface area contributed by atoms with Crippen LogP contribution in [0.25, 0.3) is 0 Å². The van der Waals surface area contributed by atoms with Crippen molar-refractivity contribution in [1.82, 2.24) is 0 Å². The van der Waals surface area contributed by atoms with Crippen LogP contribution in [0, 0.1) is 0 Å². The monoisotopic (exact) mass is 282 g/mol. The van der Waals surface area contributed by atoms with Gasteiger partial charge in [-0.05, 0) is 34.3 Å². The van der Waals surface area contributed by atoms with Gasteiger partial charge in [0.2, 0.25) is 0 Å². The van der Waals surface area contributed by atoms with Gasteiger partial charge in [-0.3, -0.25) is 0 Å². The molecular formula is C16H28P2. The number of rotatable bonds is 2. The maximum absolute atomic E-state index is 2.43. The fourth-order valence-electron chi connectivity index (χ4n) is 1.75. The molecule has 0 amide bonds. The van der Waals surface area contributed by atoms with E-state index in [9.17, 15) is 0 Å². The molecule has 0 heterocycles. The van der Waals surface area contributed by atoms with Crippen molar-refractivity contribution in [2.75, 3.05) is 13.3 Å². The van der Waals surface area contributed by atoms with Crippen molar-refractivity contribution in [3.05, 3.63) is 24.3 Å². The second kappa shape index (κ2) is 5.60. The zero-order chi connectivity index (χ0) is 14.1. The molecule has 102 valence electrons. The Morgan fingerprint density at radius 1 is 0.667 bits per heavy atom. The van der Waals surface area contributed by atoms with Crippen molar-refractivity contribution in [3.63, 3.8) is 0 Å². The summed E-state index contributed by atoms with van der Waals surface area (Å²) in [7, 11) is -0.202. The summed E-state index contributed by atoms with van der Waals surface area (Å²) in [5.74, 6) is 0. The van der Waals surface area contributed by atoms with Crippen molar-refractivity contribution in [2.45, 2.75) is 51.9 Å². The normalized spacial score (nSPS) is 16.4. The minimum atomic E-state index is -0.101. The van der Waals surface area contributed by atoms with Crippen LogP contribution in [0.2, 0.25) is 0 Å². The van der Waals surface area contributed by atoms with E-state index in [4.69, 9.17) is 0 Å². The van der Waals surface area contributed by atoms with Crippen LogP contribution >= 0.6 is 15.8 Å². The highest BCUT2D eigenvalue weighted by atomic mass is 31.1. The van der Waals surface area contributed by atoms with E-state index >= 15 is 0 Å². The molecule has 0 N–H and O–H groups in total. The van der Waals surface area contributed by atoms with Crippen LogP contribution in [0.4, 0.5) is 0 Å². The first kappa shape index (κ1) is 16.1. The smallest absolute Gasteiger partial charge is 0.0141 e. The summed E-state index contributed by atoms with van der Waals surface area (Å²) >= 11 is 0. The Morgan fingerprint density at radius 3 is 1.17 bits per heavy atom. The molecule has 0 bridgehead atoms. The van der Waals surface area contributed by atoms with Gasteiger partial charge in [-0.2, -0.15) is 0 Å². The van der Waals surface area contributed by atoms with Crippen LogP contribution in [0.1, 0.15) is 41.5 Å². The van der Waals surface area contributed by atoms with Crippen molar-refractivity contribution >= 4 is 26.5 Å². The Bertz CT molecular complexity index is 357. The molecule has 1 rings (SSSR count). The first-order valence-electron chi connectivity index (χ1n) is 6.62. The van der Waals surface area contributed by atoms with Crippen molar-refractivity contribution in [1.29, 1.82) is 0 Å². The van der Waals surface area contributed by atoms with Gasteiger partial charge < -0.3 is 0 Å². The van der Waals surface area contributed by atoms with Gasteiger partial charge in [-0.15, -0.1) is 0 Å². The van der Waals surface area contributed by atoms with E-state index in [0.29, 0.717) is 10.3 Å². The van der Waals surface area contributed by atoms with Crippen molar-refractivity contribution in [2.24, 2.45) is 0 Å². The minimum absolute atomic E-state index is 0.101. The van der Waals surface area contributed by atoms with Gasteiger partial charge in [0, 0.05) is 0 Å². The SMILES string of the molecule is C[P@@](c1ccccc1[P@](C)C(C)(C)C)C(C)(C)C. The standard InChI is InChI=1S/C16H28P2/c1-15(2,3)17(7)13-11-9-10-12-14(13)18(8)16(4,5)6/h9-12H,1-8H3/t17-,18-/m0/s1. The third-order valence-electron chi connectivity index (χ3n) is 3.62. The molecule has 0 aliphatic heterocycles. The minimum Gasteiger partial charge on any atom is -0.0723 e. The molecule has 18 heavy (non-hydrogen) atoms. The second-order valence-electron chi connectivity index (χ2n) is 6.95. The lowest BCUT2D eigenvalue weighted by Crippen LogP contribution is -2.31. The topological polar surface area (TPSA) is 0 Å². The summed E-state index contributed by atoms with van der Waals surface area (Å²) in [4.78, 5) is 0. The average Bonchev–Trinajstić information content (AvgIpc) is 2.24. The van der Waals surface area contributed by atoms with Crippen LogP contribution < -0.4 is 10.6 Å². The molecule has 0 spiro atoms. The van der Waals surface area contributed by atoms with Gasteiger partial charge in [0.15, 0.2) is 0 Å². The van der Waals surface area contributed by atoms with E-state index < -0.39 is 0 Å². The molecule has 0 aliphatic carbocycles. The van der Waals surface area contributed by atoms with Crippen LogP contribution in [0.15, 0.2) is 24.3 Å². The fourth-order valence-corrected chi connectivity index (χ4v) is 5.56. The summed E-state index contributed by atoms with van der Waals surface area (Å²) in [5.41, 5.74) is 0. The Morgan fingerprint density at radius 2 is 0.944 bits per heavy atom. The molecule has 0 saturated carbocycles. The third kappa shape index (κ3) is 3.79. The first-order valence-corrected chi connectivity index (χ1v) is 10.2. The van der Waals surface area contributed by atoms with E-state index in [2.05, 4.69) is 79.1 Å². The van der Waals surface area contributed by atoms with Crippen LogP contribution in [0.3, 0.4) is 0 Å². The average molecular weight is 282 g/mol. The summed E-state index contributed by atoms with van der Waals surface area (Å²) in [6.07, 6.45) is 0. The molecule has 0 aliphatic rings. The number of hydrogen-bond donors (Lipinski definition) is 0. The van der Waals surface area contributed by atoms with Gasteiger partial charge in [-0.25, -0.2) is 0 Å². The Balaban J connectivity index is 3.23. The molecule has 0 unspecified atom stereocenters. The zero-order valence-electron chi connectivity index (χ0n) is 13.2. The summed E-state index contributed by atoms with van der Waals surface area (Å²) < 4.78 is 0. The molecule has 0 radical (unpaired) electrons. The molecule has 0 aromatic heterocycles. The summed E-state index contributed by atoms with van der Waals surface area (Å²) in [6.45, 7) is 19.1.